The Morgan fingerprint density at radius 3 is 1.85 bits per heavy atom. The third-order valence-corrected chi connectivity index (χ3v) is 4.27. The van der Waals surface area contributed by atoms with Crippen LogP contribution in [0.15, 0.2) is 18.2 Å². The Kier molecular flexibility index (Phi) is 8.79. The molecule has 0 atom stereocenters. The van der Waals surface area contributed by atoms with E-state index in [0.29, 0.717) is 18.4 Å². The molecule has 0 aromatic heterocycles. The van der Waals surface area contributed by atoms with Crippen LogP contribution in [0.25, 0.3) is 0 Å². The van der Waals surface area contributed by atoms with E-state index in [2.05, 4.69) is 56.5 Å². The summed E-state index contributed by atoms with van der Waals surface area (Å²) in [5, 5.41) is 5.97. The number of hydrogen-bond donors (Lipinski definition) is 2. The summed E-state index contributed by atoms with van der Waals surface area (Å²) in [6, 6.07) is 6.29. The zero-order chi connectivity index (χ0) is 19.9. The molecular weight excluding hydrogens is 326 g/mol. The molecule has 5 heteroatoms. The molecule has 2 N–H and O–H groups in total. The Morgan fingerprint density at radius 1 is 0.923 bits per heavy atom. The molecule has 26 heavy (non-hydrogen) atoms. The number of benzene rings is 1. The van der Waals surface area contributed by atoms with E-state index in [0.717, 1.165) is 16.8 Å². The van der Waals surface area contributed by atoms with Crippen LogP contribution in [0.1, 0.15) is 71.4 Å². The van der Waals surface area contributed by atoms with Crippen molar-refractivity contribution in [1.82, 2.24) is 10.2 Å². The lowest BCUT2D eigenvalue weighted by atomic mass is 9.92. The first kappa shape index (κ1) is 22.2. The van der Waals surface area contributed by atoms with Gasteiger partial charge in [0.05, 0.1) is 13.1 Å². The van der Waals surface area contributed by atoms with E-state index in [1.807, 2.05) is 25.7 Å². The summed E-state index contributed by atoms with van der Waals surface area (Å²) in [7, 11) is 0. The van der Waals surface area contributed by atoms with E-state index in [-0.39, 0.29) is 30.9 Å². The average Bonchev–Trinajstić information content (AvgIpc) is 2.52. The highest BCUT2D eigenvalue weighted by Crippen LogP contribution is 2.32. The van der Waals surface area contributed by atoms with Gasteiger partial charge in [-0.25, -0.2) is 0 Å². The maximum atomic E-state index is 12.7. The quantitative estimate of drug-likeness (QED) is 0.705. The van der Waals surface area contributed by atoms with Crippen LogP contribution in [0, 0.1) is 0 Å². The minimum absolute atomic E-state index is 0.0555. The van der Waals surface area contributed by atoms with Gasteiger partial charge in [0, 0.05) is 11.7 Å². The Balaban J connectivity index is 2.88. The van der Waals surface area contributed by atoms with E-state index < -0.39 is 0 Å². The first-order valence-electron chi connectivity index (χ1n) is 9.60. The zero-order valence-electron chi connectivity index (χ0n) is 17.3. The predicted octanol–water partition coefficient (Wildman–Crippen LogP) is 3.72. The molecule has 0 radical (unpaired) electrons. The number of nitrogens with zero attached hydrogens (tertiary/aromatic N) is 1. The molecule has 2 amide bonds. The van der Waals surface area contributed by atoms with E-state index in [1.54, 1.807) is 0 Å². The summed E-state index contributed by atoms with van der Waals surface area (Å²) in [5.41, 5.74) is 3.21. The minimum atomic E-state index is -0.0841. The Hall–Kier alpha value is -1.88. The number of carbonyl (C=O) groups is 2. The second-order valence-electron chi connectivity index (χ2n) is 7.69. The van der Waals surface area contributed by atoms with Crippen molar-refractivity contribution in [2.24, 2.45) is 0 Å². The van der Waals surface area contributed by atoms with E-state index in [4.69, 9.17) is 0 Å². The van der Waals surface area contributed by atoms with Crippen molar-refractivity contribution in [2.45, 2.75) is 66.3 Å². The second kappa shape index (κ2) is 10.3. The molecule has 0 aliphatic rings. The van der Waals surface area contributed by atoms with Crippen molar-refractivity contribution in [3.63, 3.8) is 0 Å². The van der Waals surface area contributed by atoms with Gasteiger partial charge in [0.2, 0.25) is 11.8 Å². The molecule has 146 valence electrons. The van der Waals surface area contributed by atoms with Crippen molar-refractivity contribution in [2.75, 3.05) is 25.0 Å². The number of likely N-dealkylation sites (N-methyl/N-ethyl adjacent to an activating group) is 1. The maximum absolute atomic E-state index is 12.7. The first-order chi connectivity index (χ1) is 12.1. The summed E-state index contributed by atoms with van der Waals surface area (Å²) in [5.74, 6) is 0.505. The number of rotatable bonds is 9. The number of carbonyl (C=O) groups excluding carboxylic acids is 2. The topological polar surface area (TPSA) is 61.4 Å². The van der Waals surface area contributed by atoms with Gasteiger partial charge in [-0.3, -0.25) is 14.5 Å². The third kappa shape index (κ3) is 6.79. The summed E-state index contributed by atoms with van der Waals surface area (Å²) in [6.07, 6.45) is 0. The van der Waals surface area contributed by atoms with Crippen LogP contribution in [0.2, 0.25) is 0 Å². The fourth-order valence-corrected chi connectivity index (χ4v) is 2.93. The molecule has 0 saturated carbocycles. The Bertz CT molecular complexity index is 583. The van der Waals surface area contributed by atoms with E-state index in [9.17, 15) is 9.59 Å². The highest BCUT2D eigenvalue weighted by atomic mass is 16.2. The molecule has 0 unspecified atom stereocenters. The Labute approximate surface area is 158 Å². The van der Waals surface area contributed by atoms with Crippen molar-refractivity contribution in [3.05, 3.63) is 29.3 Å². The molecule has 1 rings (SSSR count). The molecule has 0 bridgehead atoms. The molecule has 0 heterocycles. The van der Waals surface area contributed by atoms with E-state index in [1.165, 1.54) is 0 Å². The molecule has 5 nitrogen and oxygen atoms in total. The number of amides is 2. The molecule has 0 spiro atoms. The van der Waals surface area contributed by atoms with Crippen LogP contribution in [0.4, 0.5) is 5.69 Å². The molecule has 1 aromatic carbocycles. The number of para-hydroxylation sites is 1. The van der Waals surface area contributed by atoms with Crippen molar-refractivity contribution in [3.8, 4) is 0 Å². The van der Waals surface area contributed by atoms with Crippen LogP contribution in [-0.2, 0) is 9.59 Å². The van der Waals surface area contributed by atoms with Gasteiger partial charge in [0.25, 0.3) is 0 Å². The summed E-state index contributed by atoms with van der Waals surface area (Å²) in [6.45, 7) is 15.4. The van der Waals surface area contributed by atoms with Gasteiger partial charge in [-0.2, -0.15) is 0 Å². The largest absolute Gasteiger partial charge is 0.353 e. The van der Waals surface area contributed by atoms with Gasteiger partial charge in [0.1, 0.15) is 0 Å². The fourth-order valence-electron chi connectivity index (χ4n) is 2.93. The van der Waals surface area contributed by atoms with Crippen molar-refractivity contribution >= 4 is 17.5 Å². The summed E-state index contributed by atoms with van der Waals surface area (Å²) >= 11 is 0. The van der Waals surface area contributed by atoms with Gasteiger partial charge < -0.3 is 10.6 Å². The average molecular weight is 362 g/mol. The first-order valence-corrected chi connectivity index (χ1v) is 9.60. The standard InChI is InChI=1S/C21H35N3O2/c1-8-24(12-19(25)22-16(6)7)13-20(26)23-21-17(14(2)3)10-9-11-18(21)15(4)5/h9-11,14-16H,8,12-13H2,1-7H3,(H,22,25)(H,23,26). The third-order valence-electron chi connectivity index (χ3n) is 4.27. The van der Waals surface area contributed by atoms with Gasteiger partial charge in [-0.15, -0.1) is 0 Å². The SMILES string of the molecule is CCN(CC(=O)Nc1c(C(C)C)cccc1C(C)C)CC(=O)NC(C)C. The molecule has 0 aliphatic carbocycles. The molecular formula is C21H35N3O2. The lowest BCUT2D eigenvalue weighted by Crippen LogP contribution is -2.43. The van der Waals surface area contributed by atoms with E-state index >= 15 is 0 Å². The lowest BCUT2D eigenvalue weighted by Gasteiger charge is -2.23. The summed E-state index contributed by atoms with van der Waals surface area (Å²) in [4.78, 5) is 26.5. The number of nitrogens with one attached hydrogen (secondary N) is 2. The number of anilines is 1. The monoisotopic (exact) mass is 361 g/mol. The highest BCUT2D eigenvalue weighted by Gasteiger charge is 2.18. The minimum Gasteiger partial charge on any atom is -0.353 e. The highest BCUT2D eigenvalue weighted by molar-refractivity contribution is 5.94. The molecule has 0 fully saturated rings. The smallest absolute Gasteiger partial charge is 0.238 e. The van der Waals surface area contributed by atoms with Gasteiger partial charge >= 0.3 is 0 Å². The van der Waals surface area contributed by atoms with Crippen molar-refractivity contribution < 1.29 is 9.59 Å². The molecule has 0 saturated heterocycles. The van der Waals surface area contributed by atoms with Gasteiger partial charge in [-0.1, -0.05) is 52.8 Å². The normalized spacial score (nSPS) is 11.5. The maximum Gasteiger partial charge on any atom is 0.238 e. The van der Waals surface area contributed by atoms with Crippen LogP contribution in [0.3, 0.4) is 0 Å². The van der Waals surface area contributed by atoms with Crippen LogP contribution < -0.4 is 10.6 Å². The zero-order valence-corrected chi connectivity index (χ0v) is 17.3. The van der Waals surface area contributed by atoms with Gasteiger partial charge in [-0.05, 0) is 43.4 Å². The predicted molar refractivity (Wildman–Crippen MR) is 109 cm³/mol. The summed E-state index contributed by atoms with van der Waals surface area (Å²) < 4.78 is 0. The molecule has 1 aromatic rings. The van der Waals surface area contributed by atoms with Crippen LogP contribution in [-0.4, -0.2) is 42.4 Å². The molecule has 0 aliphatic heterocycles. The Morgan fingerprint density at radius 2 is 1.42 bits per heavy atom. The van der Waals surface area contributed by atoms with Crippen LogP contribution in [0.5, 0.6) is 0 Å². The number of hydrogen-bond acceptors (Lipinski definition) is 3. The van der Waals surface area contributed by atoms with Crippen molar-refractivity contribution in [1.29, 1.82) is 0 Å². The van der Waals surface area contributed by atoms with Gasteiger partial charge in [0.15, 0.2) is 0 Å². The second-order valence-corrected chi connectivity index (χ2v) is 7.69. The lowest BCUT2D eigenvalue weighted by molar-refractivity contribution is -0.123. The van der Waals surface area contributed by atoms with Crippen LogP contribution >= 0.6 is 0 Å². The fraction of sp³-hybridized carbons (Fsp3) is 0.619.